The fraction of sp³-hybridized carbons (Fsp3) is 0.441. The number of aromatic nitrogens is 1. The maximum Gasteiger partial charge on any atom is 0.418 e. The molecule has 2 unspecified atom stereocenters. The number of para-hydroxylation sites is 1. The van der Waals surface area contributed by atoms with Gasteiger partial charge in [0.15, 0.2) is 0 Å². The van der Waals surface area contributed by atoms with Gasteiger partial charge in [-0.05, 0) is 36.3 Å². The van der Waals surface area contributed by atoms with Crippen LogP contribution in [0.5, 0.6) is 0 Å². The molecule has 0 saturated carbocycles. The lowest BCUT2D eigenvalue weighted by molar-refractivity contribution is -0.137. The van der Waals surface area contributed by atoms with Gasteiger partial charge in [0.1, 0.15) is 11.6 Å². The van der Waals surface area contributed by atoms with E-state index in [9.17, 15) is 32.3 Å². The Labute approximate surface area is 276 Å². The monoisotopic (exact) mass is 671 g/mol. The number of H-pyrrole nitrogens is 1. The van der Waals surface area contributed by atoms with Crippen molar-refractivity contribution in [3.05, 3.63) is 70.9 Å². The summed E-state index contributed by atoms with van der Waals surface area (Å²) in [6.07, 6.45) is -3.51. The number of thiocarbonyl (C=S) groups is 1. The van der Waals surface area contributed by atoms with Crippen molar-refractivity contribution in [3.8, 4) is 0 Å². The zero-order valence-corrected chi connectivity index (χ0v) is 27.5. The van der Waals surface area contributed by atoms with Crippen molar-refractivity contribution < 1.29 is 32.3 Å². The van der Waals surface area contributed by atoms with Gasteiger partial charge in [-0.1, -0.05) is 95.2 Å². The van der Waals surface area contributed by atoms with Gasteiger partial charge in [-0.3, -0.25) is 19.2 Å². The molecule has 0 saturated heterocycles. The van der Waals surface area contributed by atoms with E-state index >= 15 is 0 Å². The number of aromatic amines is 1. The van der Waals surface area contributed by atoms with Crippen LogP contribution < -0.4 is 21.7 Å². The van der Waals surface area contributed by atoms with Crippen LogP contribution in [0.2, 0.25) is 0 Å². The lowest BCUT2D eigenvalue weighted by Gasteiger charge is -2.40. The number of rotatable bonds is 12. The second kappa shape index (κ2) is 14.2. The number of carbonyl (C=O) groups excluding carboxylic acids is 4. The van der Waals surface area contributed by atoms with Crippen LogP contribution in [0.1, 0.15) is 74.1 Å². The summed E-state index contributed by atoms with van der Waals surface area (Å²) in [6, 6.07) is 9.81. The van der Waals surface area contributed by atoms with Crippen molar-refractivity contribution in [1.29, 1.82) is 0 Å². The van der Waals surface area contributed by atoms with Gasteiger partial charge in [0.2, 0.25) is 17.6 Å². The first-order chi connectivity index (χ1) is 22.1. The van der Waals surface area contributed by atoms with E-state index in [0.717, 1.165) is 6.07 Å². The Balaban J connectivity index is 1.74. The maximum atomic E-state index is 14.3. The third-order valence-corrected chi connectivity index (χ3v) is 9.50. The van der Waals surface area contributed by atoms with Gasteiger partial charge in [0, 0.05) is 23.1 Å². The zero-order valence-electron chi connectivity index (χ0n) is 26.7. The number of nitrogens with two attached hydrogens (primary N) is 1. The highest BCUT2D eigenvalue weighted by Gasteiger charge is 2.47. The Hall–Kier alpha value is -4.26. The number of alkyl halides is 3. The minimum atomic E-state index is -4.62. The van der Waals surface area contributed by atoms with E-state index in [1.54, 1.807) is 31.2 Å². The molecule has 1 aliphatic carbocycles. The lowest BCUT2D eigenvalue weighted by Crippen LogP contribution is -2.67. The van der Waals surface area contributed by atoms with Crippen LogP contribution in [0.25, 0.3) is 10.9 Å². The van der Waals surface area contributed by atoms with Crippen molar-refractivity contribution in [2.75, 3.05) is 0 Å². The van der Waals surface area contributed by atoms with Gasteiger partial charge in [-0.2, -0.15) is 13.2 Å². The molecule has 3 aromatic rings. The molecule has 0 aliphatic heterocycles. The third-order valence-electron chi connectivity index (χ3n) is 9.24. The van der Waals surface area contributed by atoms with Crippen LogP contribution in [0.15, 0.2) is 48.5 Å². The number of ketones is 1. The summed E-state index contributed by atoms with van der Waals surface area (Å²) in [7, 11) is 0. The molecule has 5 atom stereocenters. The molecule has 252 valence electrons. The molecule has 0 bridgehead atoms. The lowest BCUT2D eigenvalue weighted by atomic mass is 9.78. The summed E-state index contributed by atoms with van der Waals surface area (Å²) >= 11 is 5.25. The Morgan fingerprint density at radius 3 is 2.19 bits per heavy atom. The van der Waals surface area contributed by atoms with Gasteiger partial charge in [-0.25, -0.2) is 0 Å². The Kier molecular flexibility index (Phi) is 10.8. The van der Waals surface area contributed by atoms with Crippen molar-refractivity contribution in [3.63, 3.8) is 0 Å². The molecular weight excluding hydrogens is 631 g/mol. The van der Waals surface area contributed by atoms with Gasteiger partial charge in [0.25, 0.3) is 5.91 Å². The van der Waals surface area contributed by atoms with Crippen molar-refractivity contribution in [2.45, 2.75) is 83.6 Å². The van der Waals surface area contributed by atoms with Crippen molar-refractivity contribution in [1.82, 2.24) is 20.9 Å². The molecule has 0 radical (unpaired) electrons. The summed E-state index contributed by atoms with van der Waals surface area (Å²) in [5, 5.41) is 8.62. The number of aryl methyl sites for hydroxylation is 1. The fourth-order valence-electron chi connectivity index (χ4n) is 6.02. The van der Waals surface area contributed by atoms with E-state index in [1.165, 1.54) is 18.2 Å². The van der Waals surface area contributed by atoms with Crippen LogP contribution in [0, 0.1) is 11.8 Å². The van der Waals surface area contributed by atoms with E-state index in [2.05, 4.69) is 20.9 Å². The number of halogens is 3. The quantitative estimate of drug-likeness (QED) is 0.107. The van der Waals surface area contributed by atoms with Gasteiger partial charge >= 0.3 is 6.18 Å². The second-order valence-corrected chi connectivity index (χ2v) is 12.8. The second-order valence-electron chi connectivity index (χ2n) is 12.3. The van der Waals surface area contributed by atoms with Gasteiger partial charge in [0.05, 0.1) is 22.1 Å². The highest BCUT2D eigenvalue weighted by atomic mass is 32.1. The summed E-state index contributed by atoms with van der Waals surface area (Å²) in [5.74, 6) is -3.73. The third kappa shape index (κ3) is 7.50. The molecule has 1 aromatic heterocycles. The van der Waals surface area contributed by atoms with Gasteiger partial charge in [-0.15, -0.1) is 0 Å². The van der Waals surface area contributed by atoms with Crippen LogP contribution in [-0.2, 0) is 33.4 Å². The van der Waals surface area contributed by atoms with Crippen LogP contribution in [0.4, 0.5) is 13.2 Å². The highest BCUT2D eigenvalue weighted by Crippen LogP contribution is 2.40. The van der Waals surface area contributed by atoms with Crippen LogP contribution >= 0.6 is 12.2 Å². The predicted molar refractivity (Wildman–Crippen MR) is 177 cm³/mol. The first-order valence-corrected chi connectivity index (χ1v) is 16.1. The minimum absolute atomic E-state index is 0.0282. The molecule has 13 heteroatoms. The smallest absolute Gasteiger partial charge is 0.392 e. The standard InChI is InChI=1S/C34H40F3N5O4S/c1-5-18(3)25(29(38)47)41-32(46)33(16-15-24-22(17-33)21-13-10-14-23(27(21)39-24)34(35,36)37)42-30(44)26(19(4)6-2)40-31(45)28(43)20-11-8-7-9-12-20/h7-14,18-19,25-26,39H,5-6,15-17H2,1-4H3,(H2,38,47)(H,40,45)(H,41,46)(H,42,44)/t18?,19?,25-,26-,33+/m0/s1. The van der Waals surface area contributed by atoms with E-state index in [4.69, 9.17) is 18.0 Å². The molecule has 2 aromatic carbocycles. The molecule has 0 fully saturated rings. The molecule has 1 heterocycles. The average Bonchev–Trinajstić information content (AvgIpc) is 3.42. The minimum Gasteiger partial charge on any atom is -0.392 e. The molecule has 3 amide bonds. The number of fused-ring (bicyclic) bond motifs is 3. The summed E-state index contributed by atoms with van der Waals surface area (Å²) in [5.41, 5.74) is 4.56. The SMILES string of the molecule is CCC(C)[C@H](NC(=O)C(=O)c1ccccc1)C(=O)N[C@]1(C(=O)N[C@H](C(N)=S)C(C)CC)CCc2[nH]c3c(C(F)(F)F)cccc3c2C1. The van der Waals surface area contributed by atoms with E-state index in [1.807, 2.05) is 20.8 Å². The molecule has 6 N–H and O–H groups in total. The zero-order chi connectivity index (χ0) is 34.7. The Bertz CT molecular complexity index is 1680. The molecule has 0 spiro atoms. The first-order valence-electron chi connectivity index (χ1n) is 15.7. The van der Waals surface area contributed by atoms with Crippen LogP contribution in [-0.4, -0.2) is 51.1 Å². The normalized spacial score (nSPS) is 18.7. The molecule has 47 heavy (non-hydrogen) atoms. The summed E-state index contributed by atoms with van der Waals surface area (Å²) in [4.78, 5) is 57.3. The number of benzene rings is 2. The molecule has 1 aliphatic rings. The number of nitrogens with one attached hydrogen (secondary N) is 4. The number of hydrogen-bond donors (Lipinski definition) is 5. The van der Waals surface area contributed by atoms with Crippen molar-refractivity contribution in [2.24, 2.45) is 17.6 Å². The summed E-state index contributed by atoms with van der Waals surface area (Å²) in [6.45, 7) is 7.32. The first kappa shape index (κ1) is 35.6. The highest BCUT2D eigenvalue weighted by molar-refractivity contribution is 7.80. The number of Topliss-reactive ketones (excluding diaryl/α,β-unsaturated/α-hetero) is 1. The predicted octanol–water partition coefficient (Wildman–Crippen LogP) is 4.76. The number of hydrogen-bond acceptors (Lipinski definition) is 5. The van der Waals surface area contributed by atoms with Crippen LogP contribution in [0.3, 0.4) is 0 Å². The number of amides is 3. The molecule has 9 nitrogen and oxygen atoms in total. The Morgan fingerprint density at radius 1 is 0.957 bits per heavy atom. The fourth-order valence-corrected chi connectivity index (χ4v) is 6.31. The Morgan fingerprint density at radius 2 is 1.60 bits per heavy atom. The van der Waals surface area contributed by atoms with Crippen molar-refractivity contribution >= 4 is 51.6 Å². The van der Waals surface area contributed by atoms with E-state index < -0.39 is 58.8 Å². The number of carbonyl (C=O) groups is 4. The average molecular weight is 672 g/mol. The van der Waals surface area contributed by atoms with E-state index in [-0.39, 0.29) is 46.6 Å². The molecular formula is C34H40F3N5O4S. The van der Waals surface area contributed by atoms with E-state index in [0.29, 0.717) is 24.1 Å². The maximum absolute atomic E-state index is 14.3. The van der Waals surface area contributed by atoms with Gasteiger partial charge < -0.3 is 26.7 Å². The largest absolute Gasteiger partial charge is 0.418 e. The summed E-state index contributed by atoms with van der Waals surface area (Å²) < 4.78 is 41.7. The molecule has 4 rings (SSSR count). The topological polar surface area (TPSA) is 146 Å².